The molecule has 0 saturated carbocycles. The number of carbonyl (C=O) groups excluding carboxylic acids is 1. The number of hydrogen-bond acceptors (Lipinski definition) is 9. The zero-order chi connectivity index (χ0) is 32.8. The van der Waals surface area contributed by atoms with Crippen LogP contribution >= 0.6 is 0 Å². The van der Waals surface area contributed by atoms with Gasteiger partial charge in [0.1, 0.15) is 12.7 Å². The first-order valence-electron chi connectivity index (χ1n) is 17.8. The molecule has 260 valence electrons. The van der Waals surface area contributed by atoms with Crippen molar-refractivity contribution in [3.05, 3.63) is 34.4 Å². The maximum absolute atomic E-state index is 13.1. The first-order valence-corrected chi connectivity index (χ1v) is 17.8. The van der Waals surface area contributed by atoms with Gasteiger partial charge in [-0.15, -0.1) is 0 Å². The SMILES string of the molecule is CCCCCCCCCCCCOC[C@@]12O[C@@H](CCCN3CCCCC3)[C@@H](OC(=O)Nc3ccc([N+](=O)[O-])cc3)[C@@H]1OC(C)(C)O2. The van der Waals surface area contributed by atoms with Crippen molar-refractivity contribution >= 4 is 17.5 Å². The van der Waals surface area contributed by atoms with E-state index in [1.165, 1.54) is 94.9 Å². The Hall–Kier alpha value is -2.31. The molecule has 0 aliphatic carbocycles. The second kappa shape index (κ2) is 18.3. The molecule has 4 rings (SSSR count). The van der Waals surface area contributed by atoms with E-state index < -0.39 is 40.9 Å². The predicted octanol–water partition coefficient (Wildman–Crippen LogP) is 7.96. The monoisotopic (exact) mass is 647 g/mol. The van der Waals surface area contributed by atoms with Gasteiger partial charge in [0.15, 0.2) is 18.0 Å². The lowest BCUT2D eigenvalue weighted by atomic mass is 10.0. The Morgan fingerprint density at radius 1 is 0.957 bits per heavy atom. The number of amides is 1. The van der Waals surface area contributed by atoms with Crippen LogP contribution in [0.3, 0.4) is 0 Å². The number of nitrogens with one attached hydrogen (secondary N) is 1. The molecule has 11 heteroatoms. The van der Waals surface area contributed by atoms with Gasteiger partial charge < -0.3 is 28.6 Å². The van der Waals surface area contributed by atoms with E-state index >= 15 is 0 Å². The third-order valence-electron chi connectivity index (χ3n) is 9.20. The number of piperidine rings is 1. The molecule has 0 radical (unpaired) electrons. The summed E-state index contributed by atoms with van der Waals surface area (Å²) in [7, 11) is 0. The summed E-state index contributed by atoms with van der Waals surface area (Å²) in [4.78, 5) is 26.1. The maximum atomic E-state index is 13.1. The van der Waals surface area contributed by atoms with Crippen molar-refractivity contribution in [3.63, 3.8) is 0 Å². The van der Waals surface area contributed by atoms with Crippen LogP contribution in [0, 0.1) is 10.1 Å². The minimum absolute atomic E-state index is 0.0572. The molecule has 0 bridgehead atoms. The van der Waals surface area contributed by atoms with Gasteiger partial charge in [0.2, 0.25) is 5.79 Å². The largest absolute Gasteiger partial charge is 0.440 e. The summed E-state index contributed by atoms with van der Waals surface area (Å²) >= 11 is 0. The minimum Gasteiger partial charge on any atom is -0.440 e. The Bertz CT molecular complexity index is 1060. The highest BCUT2D eigenvalue weighted by atomic mass is 16.9. The molecule has 0 unspecified atom stereocenters. The molecule has 1 N–H and O–H groups in total. The summed E-state index contributed by atoms with van der Waals surface area (Å²) in [5, 5.41) is 13.7. The van der Waals surface area contributed by atoms with E-state index in [-0.39, 0.29) is 12.3 Å². The van der Waals surface area contributed by atoms with Gasteiger partial charge in [0, 0.05) is 24.4 Å². The Morgan fingerprint density at radius 3 is 2.26 bits per heavy atom. The fourth-order valence-electron chi connectivity index (χ4n) is 6.87. The second-order valence-corrected chi connectivity index (χ2v) is 13.6. The number of nitrogens with zero attached hydrogens (tertiary/aromatic N) is 2. The van der Waals surface area contributed by atoms with Crippen LogP contribution in [0.2, 0.25) is 0 Å². The maximum Gasteiger partial charge on any atom is 0.412 e. The van der Waals surface area contributed by atoms with Crippen molar-refractivity contribution in [2.45, 2.75) is 147 Å². The molecule has 3 heterocycles. The van der Waals surface area contributed by atoms with E-state index in [4.69, 9.17) is 23.7 Å². The Labute approximate surface area is 275 Å². The standard InChI is InChI=1S/C35H57N3O8/c1-4-5-6-7-8-9-10-11-12-16-26-42-27-35-32(45-34(2,3)46-35)31(30(44-35)18-17-25-37-23-14-13-15-24-37)43-33(39)36-28-19-21-29(22-20-28)38(40)41/h19-22,30-32H,4-18,23-27H2,1-3H3,(H,36,39)/t30-,31+,32-,35-/m0/s1. The van der Waals surface area contributed by atoms with Crippen molar-refractivity contribution in [1.29, 1.82) is 0 Å². The zero-order valence-corrected chi connectivity index (χ0v) is 28.3. The summed E-state index contributed by atoms with van der Waals surface area (Å²) in [6.45, 7) is 9.89. The number of nitro groups is 1. The van der Waals surface area contributed by atoms with Gasteiger partial charge in [0.05, 0.1) is 4.92 Å². The normalized spacial score (nSPS) is 25.8. The number of unbranched alkanes of at least 4 members (excludes halogenated alkanes) is 9. The van der Waals surface area contributed by atoms with Crippen LogP contribution in [0.4, 0.5) is 16.2 Å². The van der Waals surface area contributed by atoms with E-state index in [0.717, 1.165) is 38.9 Å². The van der Waals surface area contributed by atoms with Gasteiger partial charge in [0.25, 0.3) is 5.69 Å². The highest BCUT2D eigenvalue weighted by Crippen LogP contribution is 2.47. The van der Waals surface area contributed by atoms with E-state index in [2.05, 4.69) is 17.1 Å². The molecule has 3 aliphatic heterocycles. The fourth-order valence-corrected chi connectivity index (χ4v) is 6.87. The predicted molar refractivity (Wildman–Crippen MR) is 177 cm³/mol. The quantitative estimate of drug-likeness (QED) is 0.0853. The Morgan fingerprint density at radius 2 is 1.61 bits per heavy atom. The number of nitro benzene ring substituents is 1. The summed E-state index contributed by atoms with van der Waals surface area (Å²) in [6.07, 6.45) is 15.4. The lowest BCUT2D eigenvalue weighted by Crippen LogP contribution is -2.46. The van der Waals surface area contributed by atoms with Crippen molar-refractivity contribution in [1.82, 2.24) is 4.90 Å². The molecule has 4 atom stereocenters. The molecule has 1 aromatic rings. The summed E-state index contributed by atoms with van der Waals surface area (Å²) < 4.78 is 31.6. The van der Waals surface area contributed by atoms with E-state index in [9.17, 15) is 14.9 Å². The van der Waals surface area contributed by atoms with Crippen molar-refractivity contribution in [2.75, 3.05) is 38.2 Å². The Balaban J connectivity index is 1.32. The smallest absolute Gasteiger partial charge is 0.412 e. The number of likely N-dealkylation sites (tertiary alicyclic amines) is 1. The number of ether oxygens (including phenoxy) is 5. The number of carbonyl (C=O) groups is 1. The van der Waals surface area contributed by atoms with Crippen LogP contribution in [0.1, 0.15) is 117 Å². The molecule has 1 amide bonds. The number of benzene rings is 1. The number of rotatable bonds is 20. The van der Waals surface area contributed by atoms with Gasteiger partial charge in [-0.25, -0.2) is 4.79 Å². The van der Waals surface area contributed by atoms with Crippen LogP contribution < -0.4 is 5.32 Å². The zero-order valence-electron chi connectivity index (χ0n) is 28.3. The first-order chi connectivity index (χ1) is 22.2. The lowest BCUT2D eigenvalue weighted by molar-refractivity contribution is -0.384. The van der Waals surface area contributed by atoms with Gasteiger partial charge in [-0.3, -0.25) is 15.4 Å². The molecular weight excluding hydrogens is 590 g/mol. The average Bonchev–Trinajstić information content (AvgIpc) is 3.44. The molecule has 0 aromatic heterocycles. The van der Waals surface area contributed by atoms with Gasteiger partial charge >= 0.3 is 6.09 Å². The summed E-state index contributed by atoms with van der Waals surface area (Å²) in [6, 6.07) is 5.63. The molecular formula is C35H57N3O8. The molecule has 0 spiro atoms. The van der Waals surface area contributed by atoms with Gasteiger partial charge in [-0.1, -0.05) is 71.1 Å². The first kappa shape index (κ1) is 36.5. The van der Waals surface area contributed by atoms with Gasteiger partial charge in [-0.05, 0) is 77.7 Å². The lowest BCUT2D eigenvalue weighted by Gasteiger charge is -2.29. The molecule has 3 saturated heterocycles. The van der Waals surface area contributed by atoms with Crippen LogP contribution in [0.25, 0.3) is 0 Å². The summed E-state index contributed by atoms with van der Waals surface area (Å²) in [5.41, 5.74) is 0.337. The number of hydrogen-bond donors (Lipinski definition) is 1. The third kappa shape index (κ3) is 11.1. The van der Waals surface area contributed by atoms with Crippen LogP contribution in [-0.4, -0.2) is 78.7 Å². The number of fused-ring (bicyclic) bond motifs is 1. The molecule has 3 fully saturated rings. The third-order valence-corrected chi connectivity index (χ3v) is 9.20. The highest BCUT2D eigenvalue weighted by molar-refractivity contribution is 5.84. The van der Waals surface area contributed by atoms with E-state index in [1.54, 1.807) is 0 Å². The topological polar surface area (TPSA) is 122 Å². The second-order valence-electron chi connectivity index (χ2n) is 13.6. The van der Waals surface area contributed by atoms with Crippen LogP contribution in [0.15, 0.2) is 24.3 Å². The molecule has 11 nitrogen and oxygen atoms in total. The molecule has 1 aromatic carbocycles. The fraction of sp³-hybridized carbons (Fsp3) is 0.800. The van der Waals surface area contributed by atoms with Crippen molar-refractivity contribution in [2.24, 2.45) is 0 Å². The molecule has 3 aliphatic rings. The van der Waals surface area contributed by atoms with E-state index in [1.807, 2.05) is 13.8 Å². The highest BCUT2D eigenvalue weighted by Gasteiger charge is 2.66. The van der Waals surface area contributed by atoms with Gasteiger partial charge in [-0.2, -0.15) is 0 Å². The van der Waals surface area contributed by atoms with Crippen LogP contribution in [-0.2, 0) is 23.7 Å². The average molecular weight is 648 g/mol. The Kier molecular flexibility index (Phi) is 14.5. The van der Waals surface area contributed by atoms with Crippen molar-refractivity contribution in [3.8, 4) is 0 Å². The number of non-ortho nitro benzene ring substituents is 1. The number of anilines is 1. The summed E-state index contributed by atoms with van der Waals surface area (Å²) in [5.74, 6) is -2.13. The molecule has 46 heavy (non-hydrogen) atoms. The van der Waals surface area contributed by atoms with Crippen molar-refractivity contribution < 1.29 is 33.4 Å². The van der Waals surface area contributed by atoms with E-state index in [0.29, 0.717) is 18.7 Å². The minimum atomic E-state index is -1.18. The van der Waals surface area contributed by atoms with Crippen LogP contribution in [0.5, 0.6) is 0 Å².